The molecule has 18 heavy (non-hydrogen) atoms. The van der Waals surface area contributed by atoms with Crippen molar-refractivity contribution in [2.24, 2.45) is 7.05 Å². The molecule has 2 aromatic heterocycles. The maximum absolute atomic E-state index is 5.88. The molecule has 5 nitrogen and oxygen atoms in total. The number of oxazole rings is 1. The Labute approximate surface area is 112 Å². The Kier molecular flexibility index (Phi) is 2.41. The summed E-state index contributed by atoms with van der Waals surface area (Å²) in [7, 11) is 1.81. The summed E-state index contributed by atoms with van der Waals surface area (Å²) in [6.45, 7) is 1.83. The third-order valence-corrected chi connectivity index (χ3v) is 3.58. The van der Waals surface area contributed by atoms with Crippen molar-refractivity contribution in [3.63, 3.8) is 0 Å². The minimum Gasteiger partial charge on any atom is -0.441 e. The van der Waals surface area contributed by atoms with E-state index in [1.165, 1.54) is 0 Å². The molecule has 0 bridgehead atoms. The van der Waals surface area contributed by atoms with Gasteiger partial charge in [-0.25, -0.2) is 4.98 Å². The molecule has 2 N–H and O–H groups in total. The van der Waals surface area contributed by atoms with E-state index in [-0.39, 0.29) is 0 Å². The van der Waals surface area contributed by atoms with Gasteiger partial charge in [-0.2, -0.15) is 5.10 Å². The Balaban J connectivity index is 2.21. The van der Waals surface area contributed by atoms with Crippen molar-refractivity contribution in [3.05, 3.63) is 28.6 Å². The molecule has 0 fully saturated rings. The van der Waals surface area contributed by atoms with Crippen molar-refractivity contribution >= 4 is 32.8 Å². The number of fused-ring (bicyclic) bond motifs is 1. The number of nitrogen functional groups attached to an aromatic ring is 1. The van der Waals surface area contributed by atoms with Gasteiger partial charge in [-0.3, -0.25) is 4.68 Å². The number of aryl methyl sites for hydroxylation is 2. The lowest BCUT2D eigenvalue weighted by Crippen LogP contribution is -1.97. The highest BCUT2D eigenvalue weighted by atomic mass is 79.9. The van der Waals surface area contributed by atoms with Crippen LogP contribution in [0.4, 0.5) is 5.82 Å². The molecule has 0 amide bonds. The van der Waals surface area contributed by atoms with E-state index in [0.29, 0.717) is 11.7 Å². The van der Waals surface area contributed by atoms with Gasteiger partial charge in [0.25, 0.3) is 0 Å². The Morgan fingerprint density at radius 2 is 2.17 bits per heavy atom. The van der Waals surface area contributed by atoms with Crippen molar-refractivity contribution in [1.29, 1.82) is 0 Å². The summed E-state index contributed by atoms with van der Waals surface area (Å²) >= 11 is 3.45. The molecule has 2 heterocycles. The van der Waals surface area contributed by atoms with Crippen molar-refractivity contribution in [2.45, 2.75) is 6.92 Å². The molecular formula is C12H11BrN4O. The zero-order valence-electron chi connectivity index (χ0n) is 9.94. The molecule has 3 rings (SSSR count). The van der Waals surface area contributed by atoms with E-state index in [4.69, 9.17) is 10.2 Å². The summed E-state index contributed by atoms with van der Waals surface area (Å²) in [4.78, 5) is 4.31. The minimum absolute atomic E-state index is 0.599. The molecular weight excluding hydrogens is 296 g/mol. The summed E-state index contributed by atoms with van der Waals surface area (Å²) in [5, 5.41) is 4.38. The highest BCUT2D eigenvalue weighted by molar-refractivity contribution is 9.10. The minimum atomic E-state index is 0.599. The third-order valence-electron chi connectivity index (χ3n) is 2.80. The van der Waals surface area contributed by atoms with Gasteiger partial charge in [-0.05, 0) is 34.1 Å². The number of anilines is 1. The normalized spacial score (nSPS) is 11.3. The lowest BCUT2D eigenvalue weighted by molar-refractivity contribution is 0.561. The second-order valence-corrected chi connectivity index (χ2v) is 4.88. The third kappa shape index (κ3) is 1.60. The number of halogens is 1. The maximum atomic E-state index is 5.88. The van der Waals surface area contributed by atoms with Gasteiger partial charge in [0.2, 0.25) is 0 Å². The Morgan fingerprint density at radius 1 is 1.39 bits per heavy atom. The van der Waals surface area contributed by atoms with Crippen molar-refractivity contribution < 1.29 is 4.42 Å². The lowest BCUT2D eigenvalue weighted by atomic mass is 10.1. The number of nitrogens with two attached hydrogens (primary N) is 1. The monoisotopic (exact) mass is 306 g/mol. The first kappa shape index (κ1) is 11.3. The van der Waals surface area contributed by atoms with Crippen LogP contribution in [0.5, 0.6) is 0 Å². The summed E-state index contributed by atoms with van der Waals surface area (Å²) < 4.78 is 7.88. The van der Waals surface area contributed by atoms with Gasteiger partial charge in [0.1, 0.15) is 17.0 Å². The molecule has 0 aliphatic heterocycles. The van der Waals surface area contributed by atoms with Gasteiger partial charge < -0.3 is 10.2 Å². The highest BCUT2D eigenvalue weighted by Crippen LogP contribution is 2.33. The van der Waals surface area contributed by atoms with Crippen LogP contribution < -0.4 is 5.73 Å². The van der Waals surface area contributed by atoms with Gasteiger partial charge in [0.05, 0.1) is 4.47 Å². The predicted molar refractivity (Wildman–Crippen MR) is 73.1 cm³/mol. The van der Waals surface area contributed by atoms with Gasteiger partial charge in [-0.1, -0.05) is 0 Å². The Bertz CT molecular complexity index is 744. The molecule has 92 valence electrons. The zero-order chi connectivity index (χ0) is 12.9. The summed E-state index contributed by atoms with van der Waals surface area (Å²) in [5.41, 5.74) is 9.23. The van der Waals surface area contributed by atoms with Crippen LogP contribution in [0.2, 0.25) is 0 Å². The number of aromatic nitrogens is 3. The van der Waals surface area contributed by atoms with E-state index in [1.807, 2.05) is 32.2 Å². The van der Waals surface area contributed by atoms with Gasteiger partial charge in [0.15, 0.2) is 11.5 Å². The van der Waals surface area contributed by atoms with E-state index < -0.39 is 0 Å². The zero-order valence-corrected chi connectivity index (χ0v) is 11.5. The molecule has 0 spiro atoms. The van der Waals surface area contributed by atoms with E-state index in [9.17, 15) is 0 Å². The number of nitrogens with zero attached hydrogens (tertiary/aromatic N) is 3. The van der Waals surface area contributed by atoms with E-state index in [0.717, 1.165) is 26.8 Å². The molecule has 0 aliphatic carbocycles. The molecule has 0 saturated carbocycles. The van der Waals surface area contributed by atoms with Crippen LogP contribution in [-0.2, 0) is 7.05 Å². The molecule has 0 aliphatic rings. The van der Waals surface area contributed by atoms with Crippen LogP contribution in [0, 0.1) is 6.92 Å². The molecule has 0 atom stereocenters. The SMILES string of the molecule is Cc1nc2cc(-c3nn(C)c(N)c3Br)ccc2o1. The van der Waals surface area contributed by atoms with E-state index in [1.54, 1.807) is 4.68 Å². The first-order valence-corrected chi connectivity index (χ1v) is 6.21. The average Bonchev–Trinajstić information content (AvgIpc) is 2.82. The van der Waals surface area contributed by atoms with Crippen LogP contribution in [0.25, 0.3) is 22.4 Å². The van der Waals surface area contributed by atoms with Gasteiger partial charge in [0, 0.05) is 19.5 Å². The first-order chi connectivity index (χ1) is 8.56. The molecule has 3 aromatic rings. The summed E-state index contributed by atoms with van der Waals surface area (Å²) in [6, 6.07) is 5.78. The maximum Gasteiger partial charge on any atom is 0.192 e. The quantitative estimate of drug-likeness (QED) is 0.750. The second kappa shape index (κ2) is 3.84. The van der Waals surface area contributed by atoms with E-state index >= 15 is 0 Å². The van der Waals surface area contributed by atoms with Crippen LogP contribution in [0.1, 0.15) is 5.89 Å². The lowest BCUT2D eigenvalue weighted by Gasteiger charge is -1.96. The van der Waals surface area contributed by atoms with Crippen LogP contribution in [0.3, 0.4) is 0 Å². The fourth-order valence-electron chi connectivity index (χ4n) is 1.89. The largest absolute Gasteiger partial charge is 0.441 e. The Hall–Kier alpha value is -1.82. The van der Waals surface area contributed by atoms with Gasteiger partial charge in [-0.15, -0.1) is 0 Å². The molecule has 1 aromatic carbocycles. The molecule has 0 radical (unpaired) electrons. The summed E-state index contributed by atoms with van der Waals surface area (Å²) in [6.07, 6.45) is 0. The number of hydrogen-bond acceptors (Lipinski definition) is 4. The van der Waals surface area contributed by atoms with Crippen molar-refractivity contribution in [3.8, 4) is 11.3 Å². The number of rotatable bonds is 1. The predicted octanol–water partition coefficient (Wildman–Crippen LogP) is 2.88. The van der Waals surface area contributed by atoms with Crippen molar-refractivity contribution in [1.82, 2.24) is 14.8 Å². The van der Waals surface area contributed by atoms with Crippen LogP contribution in [-0.4, -0.2) is 14.8 Å². The van der Waals surface area contributed by atoms with Crippen molar-refractivity contribution in [2.75, 3.05) is 5.73 Å². The first-order valence-electron chi connectivity index (χ1n) is 5.42. The fourth-order valence-corrected chi connectivity index (χ4v) is 2.45. The average molecular weight is 307 g/mol. The fraction of sp³-hybridized carbons (Fsp3) is 0.167. The van der Waals surface area contributed by atoms with E-state index in [2.05, 4.69) is 26.0 Å². The Morgan fingerprint density at radius 3 is 2.83 bits per heavy atom. The topological polar surface area (TPSA) is 69.9 Å². The standard InChI is InChI=1S/C12H11BrN4O/c1-6-15-8-5-7(3-4-9(8)18-6)11-10(13)12(14)17(2)16-11/h3-5H,14H2,1-2H3. The summed E-state index contributed by atoms with van der Waals surface area (Å²) in [5.74, 6) is 1.25. The van der Waals surface area contributed by atoms with Crippen LogP contribution >= 0.6 is 15.9 Å². The number of hydrogen-bond donors (Lipinski definition) is 1. The number of benzene rings is 1. The van der Waals surface area contributed by atoms with Gasteiger partial charge >= 0.3 is 0 Å². The molecule has 0 saturated heterocycles. The molecule has 0 unspecified atom stereocenters. The smallest absolute Gasteiger partial charge is 0.192 e. The second-order valence-electron chi connectivity index (χ2n) is 4.09. The molecule has 6 heteroatoms. The van der Waals surface area contributed by atoms with Crippen LogP contribution in [0.15, 0.2) is 27.1 Å². The highest BCUT2D eigenvalue weighted by Gasteiger charge is 2.14.